The van der Waals surface area contributed by atoms with Crippen molar-refractivity contribution in [3.8, 4) is 11.9 Å². The minimum absolute atomic E-state index is 0.104. The zero-order chi connectivity index (χ0) is 19.4. The third kappa shape index (κ3) is 5.54. The van der Waals surface area contributed by atoms with Gasteiger partial charge >= 0.3 is 12.4 Å². The van der Waals surface area contributed by atoms with Crippen molar-refractivity contribution in [2.75, 3.05) is 11.9 Å². The van der Waals surface area contributed by atoms with Gasteiger partial charge in [0, 0.05) is 18.8 Å². The fraction of sp³-hybridized carbons (Fsp3) is 0.250. The van der Waals surface area contributed by atoms with Crippen molar-refractivity contribution in [1.82, 2.24) is 4.98 Å². The highest BCUT2D eigenvalue weighted by molar-refractivity contribution is 5.59. The van der Waals surface area contributed by atoms with E-state index in [4.69, 9.17) is 5.26 Å². The Morgan fingerprint density at radius 3 is 2.35 bits per heavy atom. The molecule has 0 saturated carbocycles. The highest BCUT2D eigenvalue weighted by Crippen LogP contribution is 2.31. The number of halogens is 6. The molecule has 0 amide bonds. The molecule has 0 spiro atoms. The van der Waals surface area contributed by atoms with Crippen LogP contribution in [0.5, 0.6) is 5.88 Å². The summed E-state index contributed by atoms with van der Waals surface area (Å²) in [7, 11) is 0. The van der Waals surface area contributed by atoms with E-state index in [1.165, 1.54) is 18.3 Å². The highest BCUT2D eigenvalue weighted by Gasteiger charge is 2.31. The maximum Gasteiger partial charge on any atom is 0.422 e. The molecule has 0 aliphatic carbocycles. The molecule has 2 aromatic rings. The molecule has 2 rings (SSSR count). The van der Waals surface area contributed by atoms with E-state index in [1.54, 1.807) is 6.07 Å². The number of anilines is 1. The second-order valence-corrected chi connectivity index (χ2v) is 5.13. The number of hydrogen-bond acceptors (Lipinski definition) is 4. The van der Waals surface area contributed by atoms with E-state index in [9.17, 15) is 26.3 Å². The number of aromatic nitrogens is 1. The minimum Gasteiger partial charge on any atom is -0.468 e. The first-order chi connectivity index (χ1) is 12.1. The van der Waals surface area contributed by atoms with E-state index in [0.29, 0.717) is 5.56 Å². The van der Waals surface area contributed by atoms with Gasteiger partial charge in [0.2, 0.25) is 5.88 Å². The standard InChI is InChI=1S/C16H11F6N3O/c17-15(18,19)9-26-14-4-1-10(8-25-14)7-24-13-3-2-12(16(20,21)22)5-11(13)6-23/h1-5,8,24H,7,9H2. The van der Waals surface area contributed by atoms with Gasteiger partial charge in [-0.15, -0.1) is 0 Å². The van der Waals surface area contributed by atoms with Crippen molar-refractivity contribution in [2.24, 2.45) is 0 Å². The number of alkyl halides is 6. The third-order valence-corrected chi connectivity index (χ3v) is 3.13. The average molecular weight is 375 g/mol. The van der Waals surface area contributed by atoms with Crippen molar-refractivity contribution >= 4 is 5.69 Å². The van der Waals surface area contributed by atoms with Gasteiger partial charge in [-0.2, -0.15) is 31.6 Å². The summed E-state index contributed by atoms with van der Waals surface area (Å²) in [5, 5.41) is 11.8. The molecule has 10 heteroatoms. The molecule has 138 valence electrons. The largest absolute Gasteiger partial charge is 0.468 e. The number of benzene rings is 1. The van der Waals surface area contributed by atoms with E-state index in [-0.39, 0.29) is 23.7 Å². The lowest BCUT2D eigenvalue weighted by molar-refractivity contribution is -0.154. The lowest BCUT2D eigenvalue weighted by Crippen LogP contribution is -2.19. The zero-order valence-corrected chi connectivity index (χ0v) is 12.9. The molecular formula is C16H11F6N3O. The van der Waals surface area contributed by atoms with Gasteiger partial charge < -0.3 is 10.1 Å². The summed E-state index contributed by atoms with van der Waals surface area (Å²) >= 11 is 0. The molecule has 0 bridgehead atoms. The molecule has 0 radical (unpaired) electrons. The molecule has 4 nitrogen and oxygen atoms in total. The molecule has 0 aliphatic rings. The van der Waals surface area contributed by atoms with Crippen molar-refractivity contribution in [3.63, 3.8) is 0 Å². The SMILES string of the molecule is N#Cc1cc(C(F)(F)F)ccc1NCc1ccc(OCC(F)(F)F)nc1. The Morgan fingerprint density at radius 1 is 1.08 bits per heavy atom. The van der Waals surface area contributed by atoms with E-state index in [0.717, 1.165) is 18.2 Å². The van der Waals surface area contributed by atoms with Crippen LogP contribution in [0, 0.1) is 11.3 Å². The summed E-state index contributed by atoms with van der Waals surface area (Å²) < 4.78 is 78.5. The van der Waals surface area contributed by atoms with Crippen molar-refractivity contribution in [2.45, 2.75) is 18.9 Å². The Morgan fingerprint density at radius 2 is 1.81 bits per heavy atom. The summed E-state index contributed by atoms with van der Waals surface area (Å²) in [5.41, 5.74) is -0.392. The van der Waals surface area contributed by atoms with Crippen molar-refractivity contribution < 1.29 is 31.1 Å². The van der Waals surface area contributed by atoms with Crippen molar-refractivity contribution in [1.29, 1.82) is 5.26 Å². The van der Waals surface area contributed by atoms with E-state index in [2.05, 4.69) is 15.0 Å². The van der Waals surface area contributed by atoms with Gasteiger partial charge in [0.05, 0.1) is 16.8 Å². The van der Waals surface area contributed by atoms with Gasteiger partial charge in [0.25, 0.3) is 0 Å². The van der Waals surface area contributed by atoms with Crippen LogP contribution in [0.1, 0.15) is 16.7 Å². The summed E-state index contributed by atoms with van der Waals surface area (Å²) in [6.07, 6.45) is -7.77. The number of nitriles is 1. The summed E-state index contributed by atoms with van der Waals surface area (Å²) in [4.78, 5) is 3.71. The smallest absolute Gasteiger partial charge is 0.422 e. The van der Waals surface area contributed by atoms with Gasteiger partial charge in [-0.05, 0) is 23.8 Å². The van der Waals surface area contributed by atoms with Crippen LogP contribution in [0.4, 0.5) is 32.0 Å². The van der Waals surface area contributed by atoms with E-state index < -0.39 is 24.5 Å². The van der Waals surface area contributed by atoms with Crippen LogP contribution in [0.25, 0.3) is 0 Å². The number of pyridine rings is 1. The van der Waals surface area contributed by atoms with Crippen LogP contribution in [-0.4, -0.2) is 17.8 Å². The summed E-state index contributed by atoms with van der Waals surface area (Å²) in [5.74, 6) is -0.210. The van der Waals surface area contributed by atoms with Gasteiger partial charge in [0.1, 0.15) is 6.07 Å². The Labute approximate surface area is 144 Å². The lowest BCUT2D eigenvalue weighted by Gasteiger charge is -2.12. The normalized spacial score (nSPS) is 11.7. The summed E-state index contributed by atoms with van der Waals surface area (Å²) in [6.45, 7) is -1.36. The first-order valence-electron chi connectivity index (χ1n) is 7.08. The van der Waals surface area contributed by atoms with Crippen LogP contribution in [0.3, 0.4) is 0 Å². The molecule has 26 heavy (non-hydrogen) atoms. The quantitative estimate of drug-likeness (QED) is 0.781. The van der Waals surface area contributed by atoms with Gasteiger partial charge in [-0.3, -0.25) is 0 Å². The fourth-order valence-corrected chi connectivity index (χ4v) is 1.92. The monoisotopic (exact) mass is 375 g/mol. The van der Waals surface area contributed by atoms with Crippen LogP contribution in [-0.2, 0) is 12.7 Å². The number of nitrogens with zero attached hydrogens (tertiary/aromatic N) is 2. The maximum atomic E-state index is 12.6. The predicted octanol–water partition coefficient (Wildman–Crippen LogP) is 4.53. The van der Waals surface area contributed by atoms with Gasteiger partial charge in [-0.1, -0.05) is 6.07 Å². The summed E-state index contributed by atoms with van der Waals surface area (Å²) in [6, 6.07) is 7.07. The molecule has 1 heterocycles. The molecule has 0 atom stereocenters. The molecular weight excluding hydrogens is 364 g/mol. The van der Waals surface area contributed by atoms with Gasteiger partial charge in [0.15, 0.2) is 6.61 Å². The number of nitrogens with one attached hydrogen (secondary N) is 1. The topological polar surface area (TPSA) is 57.9 Å². The molecule has 0 fully saturated rings. The van der Waals surface area contributed by atoms with Crippen LogP contribution >= 0.6 is 0 Å². The fourth-order valence-electron chi connectivity index (χ4n) is 1.92. The van der Waals surface area contributed by atoms with Crippen LogP contribution in [0.2, 0.25) is 0 Å². The van der Waals surface area contributed by atoms with Crippen LogP contribution < -0.4 is 10.1 Å². The number of rotatable bonds is 5. The number of ether oxygens (including phenoxy) is 1. The Kier molecular flexibility index (Phi) is 5.59. The van der Waals surface area contributed by atoms with Crippen molar-refractivity contribution in [3.05, 3.63) is 53.2 Å². The molecule has 0 unspecified atom stereocenters. The average Bonchev–Trinajstić information content (AvgIpc) is 2.57. The Hall–Kier alpha value is -2.96. The highest BCUT2D eigenvalue weighted by atomic mass is 19.4. The Balaban J connectivity index is 2.02. The third-order valence-electron chi connectivity index (χ3n) is 3.13. The Bertz CT molecular complexity index is 794. The molecule has 0 saturated heterocycles. The first-order valence-corrected chi connectivity index (χ1v) is 7.08. The second kappa shape index (κ2) is 7.51. The van der Waals surface area contributed by atoms with E-state index in [1.807, 2.05) is 0 Å². The van der Waals surface area contributed by atoms with Crippen LogP contribution in [0.15, 0.2) is 36.5 Å². The zero-order valence-electron chi connectivity index (χ0n) is 12.9. The first kappa shape index (κ1) is 19.4. The molecule has 1 N–H and O–H groups in total. The number of hydrogen-bond donors (Lipinski definition) is 1. The maximum absolute atomic E-state index is 12.6. The molecule has 1 aromatic carbocycles. The molecule has 0 aliphatic heterocycles. The minimum atomic E-state index is -4.56. The predicted molar refractivity (Wildman–Crippen MR) is 79.3 cm³/mol. The lowest BCUT2D eigenvalue weighted by atomic mass is 10.1. The molecule has 1 aromatic heterocycles. The van der Waals surface area contributed by atoms with Gasteiger partial charge in [-0.25, -0.2) is 4.98 Å². The van der Waals surface area contributed by atoms with E-state index >= 15 is 0 Å². The second-order valence-electron chi connectivity index (χ2n) is 5.13.